The molecule has 0 aliphatic heterocycles. The van der Waals surface area contributed by atoms with E-state index in [-0.39, 0.29) is 18.0 Å². The van der Waals surface area contributed by atoms with Crippen molar-refractivity contribution < 1.29 is 4.79 Å². The van der Waals surface area contributed by atoms with Crippen molar-refractivity contribution in [2.45, 2.75) is 32.9 Å². The van der Waals surface area contributed by atoms with Gasteiger partial charge in [-0.25, -0.2) is 4.79 Å². The number of hydrogen-bond donors (Lipinski definition) is 2. The highest BCUT2D eigenvalue weighted by Crippen LogP contribution is 2.17. The monoisotopic (exact) mass is 338 g/mol. The summed E-state index contributed by atoms with van der Waals surface area (Å²) in [6.07, 6.45) is 1.08. The number of aryl methyl sites for hydroxylation is 2. The molecule has 0 saturated carbocycles. The Labute approximate surface area is 145 Å². The number of rotatable bonds is 6. The molecule has 0 spiro atoms. The number of fused-ring (bicyclic) bond motifs is 1. The summed E-state index contributed by atoms with van der Waals surface area (Å²) >= 11 is 0. The molecular weight excluding hydrogens is 316 g/mol. The molecule has 25 heavy (non-hydrogen) atoms. The summed E-state index contributed by atoms with van der Waals surface area (Å²) in [5.41, 5.74) is 8.64. The first kappa shape index (κ1) is 16.8. The van der Waals surface area contributed by atoms with E-state index in [1.807, 2.05) is 43.3 Å². The van der Waals surface area contributed by atoms with Crippen molar-refractivity contribution in [1.82, 2.24) is 9.13 Å². The van der Waals surface area contributed by atoms with Crippen molar-refractivity contribution in [2.24, 2.45) is 0 Å². The van der Waals surface area contributed by atoms with E-state index >= 15 is 0 Å². The third kappa shape index (κ3) is 3.42. The average molecular weight is 338 g/mol. The van der Waals surface area contributed by atoms with Crippen molar-refractivity contribution in [3.05, 3.63) is 59.0 Å². The number of nitrogens with zero attached hydrogens (tertiary/aromatic N) is 2. The maximum Gasteiger partial charge on any atom is 0.329 e. The normalized spacial score (nSPS) is 10.9. The second kappa shape index (κ2) is 7.25. The van der Waals surface area contributed by atoms with E-state index in [9.17, 15) is 9.59 Å². The Morgan fingerprint density at radius 1 is 1.00 bits per heavy atom. The predicted octanol–water partition coefficient (Wildman–Crippen LogP) is 2.82. The maximum absolute atomic E-state index is 12.7. The minimum Gasteiger partial charge on any atom is -0.397 e. The van der Waals surface area contributed by atoms with Crippen LogP contribution in [0.25, 0.3) is 11.0 Å². The molecular formula is C19H22N4O2. The largest absolute Gasteiger partial charge is 0.397 e. The molecule has 0 aliphatic rings. The van der Waals surface area contributed by atoms with Crippen LogP contribution in [0.15, 0.2) is 53.3 Å². The van der Waals surface area contributed by atoms with Gasteiger partial charge in [0.2, 0.25) is 5.91 Å². The highest BCUT2D eigenvalue weighted by Gasteiger charge is 2.13. The van der Waals surface area contributed by atoms with Crippen LogP contribution in [0.3, 0.4) is 0 Å². The molecule has 0 bridgehead atoms. The lowest BCUT2D eigenvalue weighted by Gasteiger charge is -2.08. The summed E-state index contributed by atoms with van der Waals surface area (Å²) in [4.78, 5) is 24.9. The minimum atomic E-state index is -0.169. The molecule has 1 aromatic heterocycles. The number of amides is 1. The number of nitrogen functional groups attached to an aromatic ring is 1. The number of imidazole rings is 1. The molecule has 0 atom stereocenters. The smallest absolute Gasteiger partial charge is 0.329 e. The molecule has 0 aliphatic carbocycles. The molecule has 0 radical (unpaired) electrons. The van der Waals surface area contributed by atoms with Crippen molar-refractivity contribution in [2.75, 3.05) is 11.1 Å². The van der Waals surface area contributed by atoms with Gasteiger partial charge in [0, 0.05) is 19.5 Å². The molecule has 0 fully saturated rings. The first-order valence-electron chi connectivity index (χ1n) is 8.44. The number of para-hydroxylation sites is 4. The Morgan fingerprint density at radius 3 is 2.24 bits per heavy atom. The number of benzene rings is 2. The van der Waals surface area contributed by atoms with Gasteiger partial charge in [-0.15, -0.1) is 0 Å². The summed E-state index contributed by atoms with van der Waals surface area (Å²) in [6.45, 7) is 3.03. The minimum absolute atomic E-state index is 0.0740. The number of nitrogens with one attached hydrogen (secondary N) is 1. The molecule has 1 heterocycles. The van der Waals surface area contributed by atoms with Gasteiger partial charge in [-0.05, 0) is 30.7 Å². The van der Waals surface area contributed by atoms with Gasteiger partial charge in [-0.3, -0.25) is 13.9 Å². The van der Waals surface area contributed by atoms with Gasteiger partial charge < -0.3 is 11.1 Å². The number of nitrogens with two attached hydrogens (primary N) is 1. The Kier molecular flexibility index (Phi) is 4.88. The summed E-state index contributed by atoms with van der Waals surface area (Å²) in [7, 11) is 0. The highest BCUT2D eigenvalue weighted by molar-refractivity contribution is 5.93. The first-order valence-corrected chi connectivity index (χ1v) is 8.44. The number of carbonyl (C=O) groups is 1. The topological polar surface area (TPSA) is 82.0 Å². The van der Waals surface area contributed by atoms with Gasteiger partial charge in [-0.1, -0.05) is 31.2 Å². The highest BCUT2D eigenvalue weighted by atomic mass is 16.2. The third-order valence-corrected chi connectivity index (χ3v) is 4.17. The van der Waals surface area contributed by atoms with E-state index < -0.39 is 0 Å². The fourth-order valence-corrected chi connectivity index (χ4v) is 2.97. The lowest BCUT2D eigenvalue weighted by Crippen LogP contribution is -2.26. The van der Waals surface area contributed by atoms with Crippen LogP contribution in [0, 0.1) is 0 Å². The molecule has 3 rings (SSSR count). The van der Waals surface area contributed by atoms with Crippen LogP contribution < -0.4 is 16.7 Å². The fraction of sp³-hybridized carbons (Fsp3) is 0.263. The van der Waals surface area contributed by atoms with Gasteiger partial charge in [0.15, 0.2) is 0 Å². The van der Waals surface area contributed by atoms with Gasteiger partial charge in [0.1, 0.15) is 0 Å². The number of hydrogen-bond acceptors (Lipinski definition) is 3. The molecule has 1 amide bonds. The standard InChI is InChI=1S/C19H22N4O2/c1-2-12-22-16-9-5-6-10-17(16)23(19(22)25)13-11-18(24)21-15-8-4-3-7-14(15)20/h3-10H,2,11-13,20H2,1H3,(H,21,24). The summed E-state index contributed by atoms with van der Waals surface area (Å²) in [6, 6.07) is 14.8. The Hall–Kier alpha value is -3.02. The van der Waals surface area contributed by atoms with Crippen molar-refractivity contribution in [1.29, 1.82) is 0 Å². The summed E-state index contributed by atoms with van der Waals surface area (Å²) < 4.78 is 3.43. The van der Waals surface area contributed by atoms with Crippen LogP contribution >= 0.6 is 0 Å². The van der Waals surface area contributed by atoms with Crippen molar-refractivity contribution in [3.8, 4) is 0 Å². The molecule has 6 heteroatoms. The van der Waals surface area contributed by atoms with Crippen LogP contribution in [0.4, 0.5) is 11.4 Å². The fourth-order valence-electron chi connectivity index (χ4n) is 2.97. The molecule has 3 N–H and O–H groups in total. The van der Waals surface area contributed by atoms with Crippen LogP contribution in [-0.2, 0) is 17.9 Å². The lowest BCUT2D eigenvalue weighted by molar-refractivity contribution is -0.116. The van der Waals surface area contributed by atoms with E-state index in [0.717, 1.165) is 17.5 Å². The van der Waals surface area contributed by atoms with Crippen LogP contribution in [0.2, 0.25) is 0 Å². The molecule has 0 saturated heterocycles. The van der Waals surface area contributed by atoms with E-state index in [4.69, 9.17) is 5.73 Å². The van der Waals surface area contributed by atoms with Gasteiger partial charge >= 0.3 is 5.69 Å². The van der Waals surface area contributed by atoms with Gasteiger partial charge in [-0.2, -0.15) is 0 Å². The quantitative estimate of drug-likeness (QED) is 0.678. The zero-order valence-electron chi connectivity index (χ0n) is 14.2. The van der Waals surface area contributed by atoms with E-state index in [1.54, 1.807) is 21.3 Å². The molecule has 6 nitrogen and oxygen atoms in total. The predicted molar refractivity (Wildman–Crippen MR) is 101 cm³/mol. The number of anilines is 2. The zero-order chi connectivity index (χ0) is 17.8. The van der Waals surface area contributed by atoms with E-state index in [2.05, 4.69) is 5.32 Å². The van der Waals surface area contributed by atoms with E-state index in [0.29, 0.717) is 24.5 Å². The molecule has 0 unspecified atom stereocenters. The SMILES string of the molecule is CCCn1c(=O)n(CCC(=O)Nc2ccccc2N)c2ccccc21. The van der Waals surface area contributed by atoms with Crippen LogP contribution in [0.5, 0.6) is 0 Å². The lowest BCUT2D eigenvalue weighted by atomic mass is 10.2. The molecule has 3 aromatic rings. The summed E-state index contributed by atoms with van der Waals surface area (Å²) in [5, 5.41) is 2.79. The Balaban J connectivity index is 1.79. The van der Waals surface area contributed by atoms with Crippen molar-refractivity contribution >= 4 is 28.3 Å². The molecule has 2 aromatic carbocycles. The number of carbonyl (C=O) groups excluding carboxylic acids is 1. The Morgan fingerprint density at radius 2 is 1.60 bits per heavy atom. The van der Waals surface area contributed by atoms with Crippen LogP contribution in [0.1, 0.15) is 19.8 Å². The van der Waals surface area contributed by atoms with Crippen LogP contribution in [-0.4, -0.2) is 15.0 Å². The maximum atomic E-state index is 12.7. The summed E-state index contributed by atoms with van der Waals surface area (Å²) in [5.74, 6) is -0.169. The van der Waals surface area contributed by atoms with Crippen molar-refractivity contribution in [3.63, 3.8) is 0 Å². The Bertz CT molecular complexity index is 955. The third-order valence-electron chi connectivity index (χ3n) is 4.17. The number of aromatic nitrogens is 2. The second-order valence-electron chi connectivity index (χ2n) is 5.96. The zero-order valence-corrected chi connectivity index (χ0v) is 14.2. The van der Waals surface area contributed by atoms with Gasteiger partial charge in [0.05, 0.1) is 22.4 Å². The second-order valence-corrected chi connectivity index (χ2v) is 5.96. The van der Waals surface area contributed by atoms with E-state index in [1.165, 1.54) is 0 Å². The average Bonchev–Trinajstić information content (AvgIpc) is 2.88. The first-order chi connectivity index (χ1) is 12.1. The molecule has 130 valence electrons. The van der Waals surface area contributed by atoms with Gasteiger partial charge in [0.25, 0.3) is 0 Å².